The predicted molar refractivity (Wildman–Crippen MR) is 68.9 cm³/mol. The van der Waals surface area contributed by atoms with E-state index in [1.165, 1.54) is 6.07 Å². The number of halogens is 3. The summed E-state index contributed by atoms with van der Waals surface area (Å²) >= 11 is 0. The molecule has 0 amide bonds. The van der Waals surface area contributed by atoms with Crippen LogP contribution >= 0.6 is 0 Å². The number of benzene rings is 1. The molecule has 20 heavy (non-hydrogen) atoms. The standard InChI is InChI=1S/C14H16F3N3/c15-14(16,17)12-3-1-2-11(10-12)13(4-5-18)20-8-6-19-7-9-20/h1-3,10,13,19H,4,6-9H2/t13-/m1/s1. The Kier molecular flexibility index (Phi) is 4.63. The van der Waals surface area contributed by atoms with Crippen LogP contribution in [0, 0.1) is 11.3 Å². The van der Waals surface area contributed by atoms with Gasteiger partial charge in [-0.25, -0.2) is 0 Å². The van der Waals surface area contributed by atoms with Gasteiger partial charge in [0.05, 0.1) is 18.1 Å². The van der Waals surface area contributed by atoms with Gasteiger partial charge in [0.1, 0.15) is 0 Å². The van der Waals surface area contributed by atoms with Crippen LogP contribution in [0.5, 0.6) is 0 Å². The number of nitrogens with zero attached hydrogens (tertiary/aromatic N) is 2. The fourth-order valence-electron chi connectivity index (χ4n) is 2.46. The van der Waals surface area contributed by atoms with Crippen molar-refractivity contribution in [2.24, 2.45) is 0 Å². The smallest absolute Gasteiger partial charge is 0.314 e. The molecule has 0 saturated carbocycles. The number of nitriles is 1. The van der Waals surface area contributed by atoms with Gasteiger partial charge in [0, 0.05) is 32.2 Å². The molecule has 1 aliphatic heterocycles. The monoisotopic (exact) mass is 283 g/mol. The van der Waals surface area contributed by atoms with E-state index in [4.69, 9.17) is 5.26 Å². The van der Waals surface area contributed by atoms with E-state index in [0.717, 1.165) is 38.3 Å². The quantitative estimate of drug-likeness (QED) is 0.926. The lowest BCUT2D eigenvalue weighted by Crippen LogP contribution is -2.45. The van der Waals surface area contributed by atoms with Crippen LogP contribution in [0.1, 0.15) is 23.6 Å². The highest BCUT2D eigenvalue weighted by Gasteiger charge is 2.31. The molecule has 1 heterocycles. The molecule has 0 aliphatic carbocycles. The normalized spacial score (nSPS) is 18.5. The minimum absolute atomic E-state index is 0.196. The van der Waals surface area contributed by atoms with Crippen molar-refractivity contribution in [3.63, 3.8) is 0 Å². The van der Waals surface area contributed by atoms with Crippen molar-refractivity contribution in [3.05, 3.63) is 35.4 Å². The lowest BCUT2D eigenvalue weighted by molar-refractivity contribution is -0.137. The van der Waals surface area contributed by atoms with Crippen LogP contribution in [0.4, 0.5) is 13.2 Å². The summed E-state index contributed by atoms with van der Waals surface area (Å²) in [6.07, 6.45) is -4.15. The second-order valence-corrected chi connectivity index (χ2v) is 4.79. The molecule has 1 N–H and O–H groups in total. The Hall–Kier alpha value is -1.58. The number of alkyl halides is 3. The van der Waals surface area contributed by atoms with Gasteiger partial charge in [-0.3, -0.25) is 4.90 Å². The Balaban J connectivity index is 2.27. The number of piperazine rings is 1. The summed E-state index contributed by atoms with van der Waals surface area (Å²) in [5.74, 6) is 0. The molecule has 1 aromatic carbocycles. The van der Waals surface area contributed by atoms with Crippen molar-refractivity contribution in [2.45, 2.75) is 18.6 Å². The van der Waals surface area contributed by atoms with Crippen LogP contribution in [-0.2, 0) is 6.18 Å². The summed E-state index contributed by atoms with van der Waals surface area (Å²) in [6.45, 7) is 3.06. The molecule has 2 rings (SSSR count). The fourth-order valence-corrected chi connectivity index (χ4v) is 2.46. The molecular formula is C14H16F3N3. The molecule has 1 aromatic rings. The maximum Gasteiger partial charge on any atom is 0.416 e. The highest BCUT2D eigenvalue weighted by molar-refractivity contribution is 5.28. The highest BCUT2D eigenvalue weighted by Crippen LogP contribution is 2.32. The summed E-state index contributed by atoms with van der Waals surface area (Å²) in [5.41, 5.74) is -0.101. The third kappa shape index (κ3) is 3.50. The molecule has 0 aromatic heterocycles. The van der Waals surface area contributed by atoms with Gasteiger partial charge in [-0.2, -0.15) is 18.4 Å². The predicted octanol–water partition coefficient (Wildman–Crippen LogP) is 2.57. The fraction of sp³-hybridized carbons (Fsp3) is 0.500. The Morgan fingerprint density at radius 1 is 1.30 bits per heavy atom. The first-order chi connectivity index (χ1) is 9.52. The van der Waals surface area contributed by atoms with Crippen LogP contribution in [0.25, 0.3) is 0 Å². The maximum atomic E-state index is 12.8. The summed E-state index contributed by atoms with van der Waals surface area (Å²) < 4.78 is 38.3. The third-order valence-corrected chi connectivity index (χ3v) is 3.48. The topological polar surface area (TPSA) is 39.1 Å². The van der Waals surface area contributed by atoms with Crippen LogP contribution in [0.15, 0.2) is 24.3 Å². The summed E-state index contributed by atoms with van der Waals surface area (Å²) in [4.78, 5) is 2.06. The molecule has 0 spiro atoms. The van der Waals surface area contributed by atoms with Gasteiger partial charge < -0.3 is 5.32 Å². The minimum atomic E-state index is -4.35. The van der Waals surface area contributed by atoms with Gasteiger partial charge >= 0.3 is 6.18 Å². The van der Waals surface area contributed by atoms with E-state index in [2.05, 4.69) is 16.3 Å². The average Bonchev–Trinajstić information content (AvgIpc) is 2.45. The minimum Gasteiger partial charge on any atom is -0.314 e. The molecule has 1 fully saturated rings. The number of nitrogens with one attached hydrogen (secondary N) is 1. The zero-order valence-corrected chi connectivity index (χ0v) is 11.0. The zero-order valence-electron chi connectivity index (χ0n) is 11.0. The molecule has 0 bridgehead atoms. The van der Waals surface area contributed by atoms with E-state index in [1.807, 2.05) is 0 Å². The van der Waals surface area contributed by atoms with Gasteiger partial charge in [-0.1, -0.05) is 12.1 Å². The largest absolute Gasteiger partial charge is 0.416 e. The summed E-state index contributed by atoms with van der Waals surface area (Å²) in [6, 6.07) is 7.10. The Morgan fingerprint density at radius 2 is 2.00 bits per heavy atom. The first kappa shape index (κ1) is 14.8. The second kappa shape index (κ2) is 6.25. The molecule has 6 heteroatoms. The molecule has 0 radical (unpaired) electrons. The summed E-state index contributed by atoms with van der Waals surface area (Å²) in [5, 5.41) is 12.1. The van der Waals surface area contributed by atoms with Crippen LogP contribution < -0.4 is 5.32 Å². The number of hydrogen-bond acceptors (Lipinski definition) is 3. The third-order valence-electron chi connectivity index (χ3n) is 3.48. The molecule has 0 unspecified atom stereocenters. The van der Waals surface area contributed by atoms with Crippen molar-refractivity contribution in [2.75, 3.05) is 26.2 Å². The van der Waals surface area contributed by atoms with Gasteiger partial charge in [-0.15, -0.1) is 0 Å². The van der Waals surface area contributed by atoms with Crippen molar-refractivity contribution < 1.29 is 13.2 Å². The zero-order chi connectivity index (χ0) is 14.6. The Labute approximate surface area is 116 Å². The SMILES string of the molecule is N#CC[C@H](c1cccc(C(F)(F)F)c1)N1CCNCC1. The van der Waals surface area contributed by atoms with Crippen LogP contribution in [0.2, 0.25) is 0 Å². The summed E-state index contributed by atoms with van der Waals surface area (Å²) in [7, 11) is 0. The van der Waals surface area contributed by atoms with Crippen molar-refractivity contribution >= 4 is 0 Å². The van der Waals surface area contributed by atoms with Gasteiger partial charge in [0.15, 0.2) is 0 Å². The lowest BCUT2D eigenvalue weighted by Gasteiger charge is -2.34. The molecule has 1 saturated heterocycles. The first-order valence-electron chi connectivity index (χ1n) is 6.51. The molecule has 3 nitrogen and oxygen atoms in total. The van der Waals surface area contributed by atoms with Gasteiger partial charge in [0.2, 0.25) is 0 Å². The first-order valence-corrected chi connectivity index (χ1v) is 6.51. The Morgan fingerprint density at radius 3 is 2.60 bits per heavy atom. The molecule has 108 valence electrons. The van der Waals surface area contributed by atoms with Gasteiger partial charge in [-0.05, 0) is 17.7 Å². The molecule has 1 aliphatic rings. The molecule has 1 atom stereocenters. The van der Waals surface area contributed by atoms with E-state index in [9.17, 15) is 13.2 Å². The van der Waals surface area contributed by atoms with Crippen molar-refractivity contribution in [1.29, 1.82) is 5.26 Å². The van der Waals surface area contributed by atoms with Crippen molar-refractivity contribution in [1.82, 2.24) is 10.2 Å². The average molecular weight is 283 g/mol. The van der Waals surface area contributed by atoms with E-state index >= 15 is 0 Å². The van der Waals surface area contributed by atoms with E-state index < -0.39 is 11.7 Å². The lowest BCUT2D eigenvalue weighted by atomic mass is 9.99. The Bertz CT molecular complexity index is 487. The van der Waals surface area contributed by atoms with Crippen LogP contribution in [-0.4, -0.2) is 31.1 Å². The van der Waals surface area contributed by atoms with E-state index in [-0.39, 0.29) is 12.5 Å². The van der Waals surface area contributed by atoms with Crippen molar-refractivity contribution in [3.8, 4) is 6.07 Å². The molecular weight excluding hydrogens is 267 g/mol. The second-order valence-electron chi connectivity index (χ2n) is 4.79. The maximum absolute atomic E-state index is 12.8. The van der Waals surface area contributed by atoms with E-state index in [1.54, 1.807) is 6.07 Å². The van der Waals surface area contributed by atoms with Gasteiger partial charge in [0.25, 0.3) is 0 Å². The van der Waals surface area contributed by atoms with E-state index in [0.29, 0.717) is 5.56 Å². The number of hydrogen-bond donors (Lipinski definition) is 1. The van der Waals surface area contributed by atoms with Crippen LogP contribution in [0.3, 0.4) is 0 Å². The highest BCUT2D eigenvalue weighted by atomic mass is 19.4. The number of rotatable bonds is 3.